The topological polar surface area (TPSA) is 12.9 Å². The standard InChI is InChI=1S/C13H14INS/c1-9(2)12-8-15-13(16-12)7-10-4-3-5-11(14)6-10/h3-6,8-9H,7H2,1-2H3. The molecule has 0 radical (unpaired) electrons. The maximum absolute atomic E-state index is 4.48. The Morgan fingerprint density at radius 2 is 2.19 bits per heavy atom. The summed E-state index contributed by atoms with van der Waals surface area (Å²) in [5, 5.41) is 1.21. The monoisotopic (exact) mass is 343 g/mol. The Balaban J connectivity index is 2.14. The fraction of sp³-hybridized carbons (Fsp3) is 0.308. The van der Waals surface area contributed by atoms with Crippen molar-refractivity contribution in [2.45, 2.75) is 26.2 Å². The van der Waals surface area contributed by atoms with Crippen LogP contribution in [0.5, 0.6) is 0 Å². The highest BCUT2D eigenvalue weighted by atomic mass is 127. The molecule has 0 saturated heterocycles. The number of rotatable bonds is 3. The van der Waals surface area contributed by atoms with Gasteiger partial charge < -0.3 is 0 Å². The Hall–Kier alpha value is -0.420. The first kappa shape index (κ1) is 12.0. The third-order valence-electron chi connectivity index (χ3n) is 2.38. The highest BCUT2D eigenvalue weighted by Gasteiger charge is 2.06. The summed E-state index contributed by atoms with van der Waals surface area (Å²) in [6.45, 7) is 4.42. The maximum Gasteiger partial charge on any atom is 0.0971 e. The molecule has 3 heteroatoms. The lowest BCUT2D eigenvalue weighted by molar-refractivity contribution is 0.885. The highest BCUT2D eigenvalue weighted by Crippen LogP contribution is 2.23. The second kappa shape index (κ2) is 5.27. The van der Waals surface area contributed by atoms with Crippen LogP contribution in [0, 0.1) is 3.57 Å². The predicted molar refractivity (Wildman–Crippen MR) is 78.2 cm³/mol. The molecule has 2 aromatic rings. The van der Waals surface area contributed by atoms with E-state index in [-0.39, 0.29) is 0 Å². The molecule has 0 aliphatic carbocycles. The lowest BCUT2D eigenvalue weighted by Gasteiger charge is -1.99. The smallest absolute Gasteiger partial charge is 0.0971 e. The van der Waals surface area contributed by atoms with E-state index >= 15 is 0 Å². The molecule has 84 valence electrons. The number of aromatic nitrogens is 1. The summed E-state index contributed by atoms with van der Waals surface area (Å²) in [6.07, 6.45) is 2.97. The Labute approximate surface area is 114 Å². The van der Waals surface area contributed by atoms with Gasteiger partial charge in [-0.2, -0.15) is 0 Å². The van der Waals surface area contributed by atoms with E-state index in [1.165, 1.54) is 19.0 Å². The first-order valence-corrected chi connectivity index (χ1v) is 7.23. The third kappa shape index (κ3) is 3.04. The summed E-state index contributed by atoms with van der Waals surface area (Å²) >= 11 is 4.18. The van der Waals surface area contributed by atoms with Gasteiger partial charge in [0.25, 0.3) is 0 Å². The molecule has 0 aliphatic heterocycles. The average molecular weight is 343 g/mol. The van der Waals surface area contributed by atoms with E-state index in [1.54, 1.807) is 0 Å². The van der Waals surface area contributed by atoms with Crippen LogP contribution in [0.4, 0.5) is 0 Å². The molecule has 1 heterocycles. The summed E-state index contributed by atoms with van der Waals surface area (Å²) in [6, 6.07) is 8.61. The number of hydrogen-bond acceptors (Lipinski definition) is 2. The lowest BCUT2D eigenvalue weighted by atomic mass is 10.2. The zero-order chi connectivity index (χ0) is 11.5. The van der Waals surface area contributed by atoms with Gasteiger partial charge in [-0.3, -0.25) is 0 Å². The second-order valence-electron chi connectivity index (χ2n) is 4.12. The van der Waals surface area contributed by atoms with Gasteiger partial charge in [-0.15, -0.1) is 11.3 Å². The van der Waals surface area contributed by atoms with E-state index in [9.17, 15) is 0 Å². The van der Waals surface area contributed by atoms with Gasteiger partial charge in [0.15, 0.2) is 0 Å². The van der Waals surface area contributed by atoms with Crippen LogP contribution in [0.3, 0.4) is 0 Å². The molecule has 0 fully saturated rings. The normalized spacial score (nSPS) is 11.0. The largest absolute Gasteiger partial charge is 0.249 e. The van der Waals surface area contributed by atoms with Crippen molar-refractivity contribution in [3.8, 4) is 0 Å². The van der Waals surface area contributed by atoms with Crippen LogP contribution in [-0.4, -0.2) is 4.98 Å². The number of thiazole rings is 1. The summed E-state index contributed by atoms with van der Waals surface area (Å²) in [4.78, 5) is 5.85. The molecule has 0 N–H and O–H groups in total. The molecule has 0 saturated carbocycles. The summed E-state index contributed by atoms with van der Waals surface area (Å²) in [5.74, 6) is 0.585. The molecular formula is C13H14INS. The number of nitrogens with zero attached hydrogens (tertiary/aromatic N) is 1. The Kier molecular flexibility index (Phi) is 3.97. The molecule has 0 bridgehead atoms. The second-order valence-corrected chi connectivity index (χ2v) is 6.51. The molecular weight excluding hydrogens is 329 g/mol. The number of halogens is 1. The molecule has 2 rings (SSSR count). The van der Waals surface area contributed by atoms with Gasteiger partial charge in [-0.1, -0.05) is 26.0 Å². The van der Waals surface area contributed by atoms with Crippen molar-refractivity contribution < 1.29 is 0 Å². The fourth-order valence-electron chi connectivity index (χ4n) is 1.49. The van der Waals surface area contributed by atoms with Crippen molar-refractivity contribution in [3.05, 3.63) is 49.5 Å². The minimum atomic E-state index is 0.585. The van der Waals surface area contributed by atoms with Gasteiger partial charge in [0.1, 0.15) is 0 Å². The quantitative estimate of drug-likeness (QED) is 0.750. The maximum atomic E-state index is 4.48. The van der Waals surface area contributed by atoms with Crippen molar-refractivity contribution in [2.75, 3.05) is 0 Å². The van der Waals surface area contributed by atoms with Gasteiger partial charge >= 0.3 is 0 Å². The lowest BCUT2D eigenvalue weighted by Crippen LogP contribution is -1.86. The van der Waals surface area contributed by atoms with E-state index in [1.807, 2.05) is 17.5 Å². The molecule has 0 amide bonds. The predicted octanol–water partition coefficient (Wildman–Crippen LogP) is 4.46. The van der Waals surface area contributed by atoms with E-state index in [0.29, 0.717) is 5.92 Å². The summed E-state index contributed by atoms with van der Waals surface area (Å²) in [5.41, 5.74) is 1.34. The van der Waals surface area contributed by atoms with Crippen molar-refractivity contribution in [1.82, 2.24) is 4.98 Å². The van der Waals surface area contributed by atoms with E-state index in [4.69, 9.17) is 0 Å². The molecule has 1 aromatic carbocycles. The van der Waals surface area contributed by atoms with Crippen molar-refractivity contribution >= 4 is 33.9 Å². The van der Waals surface area contributed by atoms with Crippen LogP contribution in [0.2, 0.25) is 0 Å². The van der Waals surface area contributed by atoms with Crippen LogP contribution in [0.1, 0.15) is 35.2 Å². The zero-order valence-electron chi connectivity index (χ0n) is 9.40. The molecule has 1 nitrogen and oxygen atoms in total. The van der Waals surface area contributed by atoms with Crippen LogP contribution >= 0.6 is 33.9 Å². The average Bonchev–Trinajstić information content (AvgIpc) is 2.66. The van der Waals surface area contributed by atoms with Crippen molar-refractivity contribution in [3.63, 3.8) is 0 Å². The molecule has 0 atom stereocenters. The van der Waals surface area contributed by atoms with Crippen LogP contribution in [0.25, 0.3) is 0 Å². The van der Waals surface area contributed by atoms with Crippen molar-refractivity contribution in [2.24, 2.45) is 0 Å². The van der Waals surface area contributed by atoms with Gasteiger partial charge in [-0.25, -0.2) is 4.98 Å². The van der Waals surface area contributed by atoms with Crippen LogP contribution in [-0.2, 0) is 6.42 Å². The van der Waals surface area contributed by atoms with Gasteiger partial charge in [0.05, 0.1) is 5.01 Å². The number of benzene rings is 1. The van der Waals surface area contributed by atoms with E-state index in [2.05, 4.69) is 65.7 Å². The third-order valence-corrected chi connectivity index (χ3v) is 4.35. The summed E-state index contributed by atoms with van der Waals surface area (Å²) < 4.78 is 1.29. The van der Waals surface area contributed by atoms with Gasteiger partial charge in [0, 0.05) is 21.1 Å². The summed E-state index contributed by atoms with van der Waals surface area (Å²) in [7, 11) is 0. The fourth-order valence-corrected chi connectivity index (χ4v) is 3.06. The SMILES string of the molecule is CC(C)c1cnc(Cc2cccc(I)c2)s1. The highest BCUT2D eigenvalue weighted by molar-refractivity contribution is 14.1. The van der Waals surface area contributed by atoms with Gasteiger partial charge in [0.2, 0.25) is 0 Å². The molecule has 16 heavy (non-hydrogen) atoms. The van der Waals surface area contributed by atoms with Gasteiger partial charge in [-0.05, 0) is 46.2 Å². The molecule has 0 aliphatic rings. The first-order chi connectivity index (χ1) is 7.65. The Morgan fingerprint density at radius 3 is 2.81 bits per heavy atom. The molecule has 1 aromatic heterocycles. The Morgan fingerprint density at radius 1 is 1.38 bits per heavy atom. The Bertz CT molecular complexity index is 476. The van der Waals surface area contributed by atoms with Crippen LogP contribution in [0.15, 0.2) is 30.5 Å². The van der Waals surface area contributed by atoms with E-state index < -0.39 is 0 Å². The van der Waals surface area contributed by atoms with E-state index in [0.717, 1.165) is 6.42 Å². The van der Waals surface area contributed by atoms with Crippen molar-refractivity contribution in [1.29, 1.82) is 0 Å². The number of hydrogen-bond donors (Lipinski definition) is 0. The zero-order valence-corrected chi connectivity index (χ0v) is 12.4. The minimum absolute atomic E-state index is 0.585. The van der Waals surface area contributed by atoms with Crippen LogP contribution < -0.4 is 0 Å². The minimum Gasteiger partial charge on any atom is -0.249 e. The molecule has 0 spiro atoms. The first-order valence-electron chi connectivity index (χ1n) is 5.34. The molecule has 0 unspecified atom stereocenters.